The number of carbonyl (C=O) groups is 1. The first kappa shape index (κ1) is 13.6. The van der Waals surface area contributed by atoms with Gasteiger partial charge < -0.3 is 5.11 Å². The lowest BCUT2D eigenvalue weighted by molar-refractivity contribution is 0.0690. The molecule has 2 aromatic rings. The molecule has 100 valence electrons. The summed E-state index contributed by atoms with van der Waals surface area (Å²) in [6, 6.07) is 7.15. The molecule has 0 bridgehead atoms. The smallest absolute Gasteiger partial charge is 0.356 e. The van der Waals surface area contributed by atoms with Crippen molar-refractivity contribution in [2.45, 2.75) is 26.7 Å². The fourth-order valence-corrected chi connectivity index (χ4v) is 2.16. The number of halogens is 1. The van der Waals surface area contributed by atoms with Gasteiger partial charge in [-0.05, 0) is 37.1 Å². The maximum absolute atomic E-state index is 11.1. The molecule has 5 heteroatoms. The van der Waals surface area contributed by atoms with Gasteiger partial charge in [0.2, 0.25) is 0 Å². The maximum atomic E-state index is 11.1. The first-order chi connectivity index (χ1) is 9.04. The summed E-state index contributed by atoms with van der Waals surface area (Å²) in [4.78, 5) is 11.1. The molecule has 1 aromatic heterocycles. The van der Waals surface area contributed by atoms with Crippen LogP contribution in [-0.4, -0.2) is 20.9 Å². The average molecular weight is 279 g/mol. The van der Waals surface area contributed by atoms with E-state index in [-0.39, 0.29) is 5.69 Å². The van der Waals surface area contributed by atoms with Crippen LogP contribution in [0.3, 0.4) is 0 Å². The van der Waals surface area contributed by atoms with Crippen LogP contribution in [-0.2, 0) is 6.42 Å². The first-order valence-electron chi connectivity index (χ1n) is 6.12. The highest BCUT2D eigenvalue weighted by atomic mass is 35.5. The van der Waals surface area contributed by atoms with Gasteiger partial charge in [-0.1, -0.05) is 31.0 Å². The molecule has 0 fully saturated rings. The van der Waals surface area contributed by atoms with E-state index in [1.165, 1.54) is 0 Å². The molecule has 0 saturated carbocycles. The van der Waals surface area contributed by atoms with Crippen LogP contribution in [0.5, 0.6) is 0 Å². The predicted octanol–water partition coefficient (Wildman–Crippen LogP) is 3.48. The van der Waals surface area contributed by atoms with E-state index in [9.17, 15) is 4.79 Å². The Balaban J connectivity index is 2.59. The summed E-state index contributed by atoms with van der Waals surface area (Å²) in [6.07, 6.45) is 1.69. The predicted molar refractivity (Wildman–Crippen MR) is 74.3 cm³/mol. The van der Waals surface area contributed by atoms with Crippen molar-refractivity contribution in [2.75, 3.05) is 0 Å². The van der Waals surface area contributed by atoms with E-state index >= 15 is 0 Å². The molecule has 0 amide bonds. The van der Waals surface area contributed by atoms with Gasteiger partial charge in [-0.3, -0.25) is 0 Å². The van der Waals surface area contributed by atoms with E-state index in [1.807, 2.05) is 32.0 Å². The molecule has 0 aliphatic carbocycles. The quantitative estimate of drug-likeness (QED) is 0.931. The minimum atomic E-state index is -1.02. The van der Waals surface area contributed by atoms with Gasteiger partial charge in [-0.15, -0.1) is 0 Å². The molecule has 2 rings (SSSR count). The molecule has 0 spiro atoms. The second-order valence-electron chi connectivity index (χ2n) is 4.37. The Labute approximate surface area is 116 Å². The third kappa shape index (κ3) is 2.63. The van der Waals surface area contributed by atoms with Crippen LogP contribution in [0.1, 0.15) is 35.1 Å². The van der Waals surface area contributed by atoms with Crippen LogP contribution in [0.4, 0.5) is 0 Å². The summed E-state index contributed by atoms with van der Waals surface area (Å²) >= 11 is 6.11. The Morgan fingerprint density at radius 2 is 2.21 bits per heavy atom. The van der Waals surface area contributed by atoms with Gasteiger partial charge in [0.1, 0.15) is 0 Å². The van der Waals surface area contributed by atoms with Crippen molar-refractivity contribution >= 4 is 17.6 Å². The topological polar surface area (TPSA) is 55.1 Å². The van der Waals surface area contributed by atoms with E-state index in [0.29, 0.717) is 5.02 Å². The van der Waals surface area contributed by atoms with Gasteiger partial charge in [0.25, 0.3) is 0 Å². The number of hydrogen-bond acceptors (Lipinski definition) is 2. The van der Waals surface area contributed by atoms with Crippen molar-refractivity contribution < 1.29 is 9.90 Å². The Morgan fingerprint density at radius 3 is 2.84 bits per heavy atom. The van der Waals surface area contributed by atoms with Crippen LogP contribution >= 0.6 is 11.6 Å². The van der Waals surface area contributed by atoms with Crippen LogP contribution < -0.4 is 0 Å². The van der Waals surface area contributed by atoms with E-state index in [1.54, 1.807) is 10.7 Å². The monoisotopic (exact) mass is 278 g/mol. The zero-order chi connectivity index (χ0) is 14.0. The number of carboxylic acid groups (broad SMARTS) is 1. The summed E-state index contributed by atoms with van der Waals surface area (Å²) in [6.45, 7) is 3.94. The molecule has 4 nitrogen and oxygen atoms in total. The van der Waals surface area contributed by atoms with E-state index in [0.717, 1.165) is 29.8 Å². The number of aryl methyl sites for hydroxylation is 1. The third-order valence-electron chi connectivity index (χ3n) is 2.98. The number of rotatable bonds is 4. The highest BCUT2D eigenvalue weighted by Crippen LogP contribution is 2.24. The summed E-state index contributed by atoms with van der Waals surface area (Å²) in [5.74, 6) is -1.02. The second-order valence-corrected chi connectivity index (χ2v) is 4.78. The number of benzene rings is 1. The SMILES string of the molecule is CCCc1cc(C(=O)O)nn1-c1cccc(Cl)c1C. The van der Waals surface area contributed by atoms with Crippen LogP contribution in [0, 0.1) is 6.92 Å². The Bertz CT molecular complexity index is 620. The van der Waals surface area contributed by atoms with Crippen LogP contribution in [0.2, 0.25) is 5.02 Å². The first-order valence-corrected chi connectivity index (χ1v) is 6.50. The second kappa shape index (κ2) is 5.45. The normalized spacial score (nSPS) is 10.7. The highest BCUT2D eigenvalue weighted by molar-refractivity contribution is 6.31. The molecule has 0 aliphatic rings. The zero-order valence-corrected chi connectivity index (χ0v) is 11.6. The van der Waals surface area contributed by atoms with Crippen molar-refractivity contribution in [1.82, 2.24) is 9.78 Å². The largest absolute Gasteiger partial charge is 0.476 e. The van der Waals surface area contributed by atoms with Gasteiger partial charge in [-0.2, -0.15) is 5.10 Å². The molecule has 19 heavy (non-hydrogen) atoms. The van der Waals surface area contributed by atoms with Crippen LogP contribution in [0.15, 0.2) is 24.3 Å². The molecule has 0 unspecified atom stereocenters. The maximum Gasteiger partial charge on any atom is 0.356 e. The number of aromatic nitrogens is 2. The van der Waals surface area contributed by atoms with Gasteiger partial charge in [0.05, 0.1) is 5.69 Å². The van der Waals surface area contributed by atoms with E-state index in [2.05, 4.69) is 5.10 Å². The van der Waals surface area contributed by atoms with E-state index in [4.69, 9.17) is 16.7 Å². The standard InChI is InChI=1S/C14H15ClN2O2/c1-3-5-10-8-12(14(18)19)16-17(10)13-7-4-6-11(15)9(13)2/h4,6-8H,3,5H2,1-2H3,(H,18,19). The third-order valence-corrected chi connectivity index (χ3v) is 3.39. The van der Waals surface area contributed by atoms with Gasteiger partial charge in [0, 0.05) is 10.7 Å². The molecular formula is C14H15ClN2O2. The number of hydrogen-bond donors (Lipinski definition) is 1. The van der Waals surface area contributed by atoms with Gasteiger partial charge in [-0.25, -0.2) is 9.48 Å². The molecule has 1 heterocycles. The van der Waals surface area contributed by atoms with Crippen molar-refractivity contribution in [3.8, 4) is 5.69 Å². The summed E-state index contributed by atoms with van der Waals surface area (Å²) in [5.41, 5.74) is 2.65. The van der Waals surface area contributed by atoms with Crippen molar-refractivity contribution in [3.63, 3.8) is 0 Å². The van der Waals surface area contributed by atoms with Crippen molar-refractivity contribution in [2.24, 2.45) is 0 Å². The molecule has 0 aliphatic heterocycles. The molecule has 0 saturated heterocycles. The van der Waals surface area contributed by atoms with E-state index < -0.39 is 5.97 Å². The Kier molecular flexibility index (Phi) is 3.90. The van der Waals surface area contributed by atoms with Gasteiger partial charge in [0.15, 0.2) is 5.69 Å². The minimum absolute atomic E-state index is 0.0582. The summed E-state index contributed by atoms with van der Waals surface area (Å²) < 4.78 is 1.67. The van der Waals surface area contributed by atoms with Crippen molar-refractivity contribution in [1.29, 1.82) is 0 Å². The number of carboxylic acids is 1. The molecular weight excluding hydrogens is 264 g/mol. The average Bonchev–Trinajstić information content (AvgIpc) is 2.77. The highest BCUT2D eigenvalue weighted by Gasteiger charge is 2.15. The lowest BCUT2D eigenvalue weighted by Crippen LogP contribution is -2.05. The number of aromatic carboxylic acids is 1. The summed E-state index contributed by atoms with van der Waals surface area (Å²) in [7, 11) is 0. The van der Waals surface area contributed by atoms with Crippen molar-refractivity contribution in [3.05, 3.63) is 46.2 Å². The Hall–Kier alpha value is -1.81. The van der Waals surface area contributed by atoms with Crippen LogP contribution in [0.25, 0.3) is 5.69 Å². The lowest BCUT2D eigenvalue weighted by Gasteiger charge is -2.10. The fraction of sp³-hybridized carbons (Fsp3) is 0.286. The van der Waals surface area contributed by atoms with Gasteiger partial charge >= 0.3 is 5.97 Å². The lowest BCUT2D eigenvalue weighted by atomic mass is 10.2. The fourth-order valence-electron chi connectivity index (χ4n) is 1.99. The molecule has 0 radical (unpaired) electrons. The minimum Gasteiger partial charge on any atom is -0.476 e. The zero-order valence-electron chi connectivity index (χ0n) is 10.9. The molecule has 0 atom stereocenters. The Morgan fingerprint density at radius 1 is 1.47 bits per heavy atom. The molecule has 1 N–H and O–H groups in total. The number of nitrogens with zero attached hydrogens (tertiary/aromatic N) is 2. The molecule has 1 aromatic carbocycles. The summed E-state index contributed by atoms with van der Waals surface area (Å²) in [5, 5.41) is 13.9.